The zero-order chi connectivity index (χ0) is 16.7. The van der Waals surface area contributed by atoms with Crippen molar-refractivity contribution in [3.8, 4) is 0 Å². The van der Waals surface area contributed by atoms with Gasteiger partial charge in [-0.15, -0.1) is 0 Å². The molecule has 3 heteroatoms. The van der Waals surface area contributed by atoms with Crippen LogP contribution in [0.5, 0.6) is 0 Å². The number of hydrogen-bond acceptors (Lipinski definition) is 2. The summed E-state index contributed by atoms with van der Waals surface area (Å²) >= 11 is 0. The van der Waals surface area contributed by atoms with Gasteiger partial charge >= 0.3 is 0 Å². The average Bonchev–Trinajstić information content (AvgIpc) is 2.54. The fourth-order valence-electron chi connectivity index (χ4n) is 2.61. The van der Waals surface area contributed by atoms with Crippen LogP contribution in [0.25, 0.3) is 0 Å². The van der Waals surface area contributed by atoms with Gasteiger partial charge in [0, 0.05) is 18.0 Å². The first-order chi connectivity index (χ1) is 11.0. The second-order valence-corrected chi connectivity index (χ2v) is 6.64. The number of amides is 1. The van der Waals surface area contributed by atoms with E-state index in [9.17, 15) is 4.79 Å². The Morgan fingerprint density at radius 1 is 1.04 bits per heavy atom. The normalized spacial score (nSPS) is 12.7. The first kappa shape index (κ1) is 17.2. The first-order valence-electron chi connectivity index (χ1n) is 8.12. The standard InChI is InChI=1S/C20H26N2O/c1-20(2,14-13-16-9-5-3-6-10-16)22-19(23)15-18(21)17-11-7-4-8-12-17/h3-12,18H,13-15,21H2,1-2H3,(H,22,23). The van der Waals surface area contributed by atoms with Crippen LogP contribution in [0, 0.1) is 0 Å². The number of nitrogens with one attached hydrogen (secondary N) is 1. The molecule has 0 radical (unpaired) electrons. The Balaban J connectivity index is 1.83. The molecule has 0 saturated carbocycles. The number of carbonyl (C=O) groups is 1. The molecule has 2 rings (SSSR count). The van der Waals surface area contributed by atoms with Crippen molar-refractivity contribution in [3.05, 3.63) is 71.8 Å². The molecule has 23 heavy (non-hydrogen) atoms. The van der Waals surface area contributed by atoms with Gasteiger partial charge in [-0.05, 0) is 37.8 Å². The van der Waals surface area contributed by atoms with Crippen molar-refractivity contribution < 1.29 is 4.79 Å². The lowest BCUT2D eigenvalue weighted by Crippen LogP contribution is -2.44. The van der Waals surface area contributed by atoms with E-state index in [1.54, 1.807) is 0 Å². The van der Waals surface area contributed by atoms with Crippen molar-refractivity contribution in [2.24, 2.45) is 5.73 Å². The highest BCUT2D eigenvalue weighted by Gasteiger charge is 2.21. The number of rotatable bonds is 7. The van der Waals surface area contributed by atoms with Gasteiger partial charge in [-0.2, -0.15) is 0 Å². The fraction of sp³-hybridized carbons (Fsp3) is 0.350. The Morgan fingerprint density at radius 3 is 2.22 bits per heavy atom. The van der Waals surface area contributed by atoms with E-state index in [2.05, 4.69) is 31.3 Å². The second kappa shape index (κ2) is 7.93. The Labute approximate surface area is 138 Å². The summed E-state index contributed by atoms with van der Waals surface area (Å²) in [5.41, 5.74) is 8.15. The quantitative estimate of drug-likeness (QED) is 0.821. The summed E-state index contributed by atoms with van der Waals surface area (Å²) < 4.78 is 0. The van der Waals surface area contributed by atoms with Crippen molar-refractivity contribution >= 4 is 5.91 Å². The van der Waals surface area contributed by atoms with E-state index in [-0.39, 0.29) is 17.5 Å². The van der Waals surface area contributed by atoms with E-state index in [1.807, 2.05) is 48.5 Å². The molecule has 0 aromatic heterocycles. The molecule has 0 spiro atoms. The van der Waals surface area contributed by atoms with Gasteiger partial charge in [0.05, 0.1) is 0 Å². The van der Waals surface area contributed by atoms with Crippen LogP contribution in [0.2, 0.25) is 0 Å². The average molecular weight is 310 g/mol. The number of hydrogen-bond donors (Lipinski definition) is 2. The largest absolute Gasteiger partial charge is 0.351 e. The molecule has 0 saturated heterocycles. The van der Waals surface area contributed by atoms with Crippen molar-refractivity contribution in [3.63, 3.8) is 0 Å². The monoisotopic (exact) mass is 310 g/mol. The Kier molecular flexibility index (Phi) is 5.94. The Hall–Kier alpha value is -2.13. The molecule has 1 amide bonds. The third-order valence-corrected chi connectivity index (χ3v) is 3.99. The lowest BCUT2D eigenvalue weighted by molar-refractivity contribution is -0.123. The number of nitrogens with two attached hydrogens (primary N) is 1. The molecule has 2 aromatic rings. The molecule has 1 atom stereocenters. The molecule has 2 aromatic carbocycles. The van der Waals surface area contributed by atoms with Gasteiger partial charge in [-0.3, -0.25) is 4.79 Å². The lowest BCUT2D eigenvalue weighted by atomic mass is 9.94. The maximum absolute atomic E-state index is 12.3. The summed E-state index contributed by atoms with van der Waals surface area (Å²) in [6.45, 7) is 4.11. The van der Waals surface area contributed by atoms with Crippen LogP contribution >= 0.6 is 0 Å². The smallest absolute Gasteiger partial charge is 0.222 e. The SMILES string of the molecule is CC(C)(CCc1ccccc1)NC(=O)CC(N)c1ccccc1. The Morgan fingerprint density at radius 2 is 1.61 bits per heavy atom. The lowest BCUT2D eigenvalue weighted by Gasteiger charge is -2.27. The van der Waals surface area contributed by atoms with Crippen LogP contribution < -0.4 is 11.1 Å². The van der Waals surface area contributed by atoms with E-state index in [0.717, 1.165) is 18.4 Å². The van der Waals surface area contributed by atoms with Gasteiger partial charge in [0.1, 0.15) is 0 Å². The zero-order valence-corrected chi connectivity index (χ0v) is 14.0. The van der Waals surface area contributed by atoms with Crippen LogP contribution in [0.1, 0.15) is 43.9 Å². The second-order valence-electron chi connectivity index (χ2n) is 6.64. The maximum atomic E-state index is 12.3. The van der Waals surface area contributed by atoms with Crippen LogP contribution in [0.3, 0.4) is 0 Å². The number of aryl methyl sites for hydroxylation is 1. The van der Waals surface area contributed by atoms with E-state index in [0.29, 0.717) is 6.42 Å². The predicted molar refractivity (Wildman–Crippen MR) is 95.0 cm³/mol. The molecule has 0 aliphatic heterocycles. The molecular formula is C20H26N2O. The van der Waals surface area contributed by atoms with Gasteiger partial charge < -0.3 is 11.1 Å². The minimum Gasteiger partial charge on any atom is -0.351 e. The summed E-state index contributed by atoms with van der Waals surface area (Å²) in [5.74, 6) is -0.000542. The highest BCUT2D eigenvalue weighted by atomic mass is 16.1. The fourth-order valence-corrected chi connectivity index (χ4v) is 2.61. The summed E-state index contributed by atoms with van der Waals surface area (Å²) in [6, 6.07) is 19.8. The third-order valence-electron chi connectivity index (χ3n) is 3.99. The Bertz CT molecular complexity index is 608. The topological polar surface area (TPSA) is 55.1 Å². The van der Waals surface area contributed by atoms with Crippen molar-refractivity contribution in [2.75, 3.05) is 0 Å². The number of benzene rings is 2. The van der Waals surface area contributed by atoms with E-state index >= 15 is 0 Å². The van der Waals surface area contributed by atoms with Gasteiger partial charge in [0.25, 0.3) is 0 Å². The van der Waals surface area contributed by atoms with E-state index < -0.39 is 0 Å². The summed E-state index contributed by atoms with van der Waals surface area (Å²) in [6.07, 6.45) is 2.14. The highest BCUT2D eigenvalue weighted by Crippen LogP contribution is 2.17. The van der Waals surface area contributed by atoms with Gasteiger partial charge in [-0.25, -0.2) is 0 Å². The molecule has 122 valence electrons. The highest BCUT2D eigenvalue weighted by molar-refractivity contribution is 5.77. The van der Waals surface area contributed by atoms with Crippen molar-refractivity contribution in [2.45, 2.75) is 44.7 Å². The molecule has 0 fully saturated rings. The molecule has 0 bridgehead atoms. The predicted octanol–water partition coefficient (Wildman–Crippen LogP) is 3.60. The first-order valence-corrected chi connectivity index (χ1v) is 8.12. The zero-order valence-electron chi connectivity index (χ0n) is 14.0. The van der Waals surface area contributed by atoms with Crippen molar-refractivity contribution in [1.82, 2.24) is 5.32 Å². The summed E-state index contributed by atoms with van der Waals surface area (Å²) in [4.78, 5) is 12.3. The molecule has 0 aliphatic carbocycles. The van der Waals surface area contributed by atoms with Crippen LogP contribution in [-0.2, 0) is 11.2 Å². The number of carbonyl (C=O) groups excluding carboxylic acids is 1. The minimum absolute atomic E-state index is 0.000542. The third kappa shape index (κ3) is 5.87. The molecule has 3 N–H and O–H groups in total. The maximum Gasteiger partial charge on any atom is 0.222 e. The van der Waals surface area contributed by atoms with E-state index in [1.165, 1.54) is 5.56 Å². The molecule has 3 nitrogen and oxygen atoms in total. The van der Waals surface area contributed by atoms with Crippen LogP contribution in [0.15, 0.2) is 60.7 Å². The molecule has 1 unspecified atom stereocenters. The minimum atomic E-state index is -0.263. The molecular weight excluding hydrogens is 284 g/mol. The van der Waals surface area contributed by atoms with Crippen LogP contribution in [-0.4, -0.2) is 11.4 Å². The molecule has 0 heterocycles. The summed E-state index contributed by atoms with van der Waals surface area (Å²) in [7, 11) is 0. The summed E-state index contributed by atoms with van der Waals surface area (Å²) in [5, 5.41) is 3.11. The van der Waals surface area contributed by atoms with Gasteiger partial charge in [0.15, 0.2) is 0 Å². The van der Waals surface area contributed by atoms with Crippen LogP contribution in [0.4, 0.5) is 0 Å². The van der Waals surface area contributed by atoms with Crippen molar-refractivity contribution in [1.29, 1.82) is 0 Å². The van der Waals surface area contributed by atoms with Gasteiger partial charge in [0.2, 0.25) is 5.91 Å². The molecule has 0 aliphatic rings. The van der Waals surface area contributed by atoms with E-state index in [4.69, 9.17) is 5.73 Å². The van der Waals surface area contributed by atoms with Gasteiger partial charge in [-0.1, -0.05) is 60.7 Å².